The fourth-order valence-electron chi connectivity index (χ4n) is 3.57. The highest BCUT2D eigenvalue weighted by Gasteiger charge is 2.29. The Hall–Kier alpha value is -2.33. The van der Waals surface area contributed by atoms with Crippen LogP contribution in [0.1, 0.15) is 30.9 Å². The number of nitrogens with zero attached hydrogens (tertiary/aromatic N) is 2. The smallest absolute Gasteiger partial charge is 0.321 e. The summed E-state index contributed by atoms with van der Waals surface area (Å²) in [4.78, 5) is 16.3. The number of aliphatic carboxylic acids is 1. The molecule has 0 saturated carbocycles. The first-order chi connectivity index (χ1) is 12.5. The summed E-state index contributed by atoms with van der Waals surface area (Å²) in [6.07, 6.45) is 0.555. The molecule has 1 N–H and O–H groups in total. The molecule has 0 unspecified atom stereocenters. The number of anilines is 1. The number of carbonyl (C=O) groups is 1. The molecule has 0 radical (unpaired) electrons. The van der Waals surface area contributed by atoms with Crippen molar-refractivity contribution in [2.24, 2.45) is 0 Å². The Morgan fingerprint density at radius 1 is 0.962 bits per heavy atom. The molecule has 0 aromatic heterocycles. The second kappa shape index (κ2) is 8.37. The molecule has 4 nitrogen and oxygen atoms in total. The summed E-state index contributed by atoms with van der Waals surface area (Å²) in [6.45, 7) is 7.61. The quantitative estimate of drug-likeness (QED) is 0.862. The van der Waals surface area contributed by atoms with E-state index in [1.165, 1.54) is 11.3 Å². The highest BCUT2D eigenvalue weighted by atomic mass is 16.4. The van der Waals surface area contributed by atoms with Gasteiger partial charge >= 0.3 is 5.97 Å². The number of piperazine rings is 1. The minimum absolute atomic E-state index is 0.460. The van der Waals surface area contributed by atoms with Crippen molar-refractivity contribution >= 4 is 11.7 Å². The van der Waals surface area contributed by atoms with Crippen LogP contribution in [0, 0.1) is 0 Å². The van der Waals surface area contributed by atoms with E-state index in [9.17, 15) is 9.90 Å². The molecule has 0 spiro atoms. The van der Waals surface area contributed by atoms with Crippen molar-refractivity contribution in [1.82, 2.24) is 4.90 Å². The second-order valence-corrected chi connectivity index (χ2v) is 7.31. The molecule has 1 fully saturated rings. The zero-order valence-electron chi connectivity index (χ0n) is 15.6. The van der Waals surface area contributed by atoms with E-state index in [4.69, 9.17) is 0 Å². The molecule has 2 aromatic carbocycles. The van der Waals surface area contributed by atoms with Gasteiger partial charge in [-0.1, -0.05) is 56.3 Å². The van der Waals surface area contributed by atoms with Gasteiger partial charge < -0.3 is 10.0 Å². The summed E-state index contributed by atoms with van der Waals surface area (Å²) in [5, 5.41) is 9.76. The lowest BCUT2D eigenvalue weighted by Crippen LogP contribution is -2.53. The summed E-state index contributed by atoms with van der Waals surface area (Å²) >= 11 is 0. The normalized spacial score (nSPS) is 16.7. The predicted molar refractivity (Wildman–Crippen MR) is 106 cm³/mol. The molecule has 0 bridgehead atoms. The number of hydrogen-bond donors (Lipinski definition) is 1. The molecule has 26 heavy (non-hydrogen) atoms. The Kier molecular flexibility index (Phi) is 5.94. The molecule has 1 saturated heterocycles. The molecular weight excluding hydrogens is 324 g/mol. The molecular formula is C22H28N2O2. The van der Waals surface area contributed by atoms with Crippen LogP contribution in [0.4, 0.5) is 5.69 Å². The van der Waals surface area contributed by atoms with Crippen molar-refractivity contribution < 1.29 is 9.90 Å². The lowest BCUT2D eigenvalue weighted by Gasteiger charge is -2.38. The highest BCUT2D eigenvalue weighted by Crippen LogP contribution is 2.20. The molecule has 3 rings (SSSR count). The lowest BCUT2D eigenvalue weighted by atomic mass is 9.98. The maximum Gasteiger partial charge on any atom is 0.321 e. The van der Waals surface area contributed by atoms with Gasteiger partial charge in [0.25, 0.3) is 0 Å². The summed E-state index contributed by atoms with van der Waals surface area (Å²) in [5.41, 5.74) is 3.59. The number of carboxylic acids is 1. The van der Waals surface area contributed by atoms with Gasteiger partial charge in [0.2, 0.25) is 0 Å². The first kappa shape index (κ1) is 18.5. The summed E-state index contributed by atoms with van der Waals surface area (Å²) < 4.78 is 0. The Bertz CT molecular complexity index is 705. The third-order valence-corrected chi connectivity index (χ3v) is 5.24. The van der Waals surface area contributed by atoms with Crippen LogP contribution in [-0.4, -0.2) is 48.2 Å². The van der Waals surface area contributed by atoms with Crippen LogP contribution in [0.2, 0.25) is 0 Å². The van der Waals surface area contributed by atoms with E-state index in [2.05, 4.69) is 60.0 Å². The molecule has 138 valence electrons. The van der Waals surface area contributed by atoms with Crippen LogP contribution in [0.25, 0.3) is 0 Å². The van der Waals surface area contributed by atoms with E-state index in [0.29, 0.717) is 12.3 Å². The maximum atomic E-state index is 11.9. The van der Waals surface area contributed by atoms with E-state index in [1.807, 2.05) is 18.2 Å². The summed E-state index contributed by atoms with van der Waals surface area (Å²) in [5.74, 6) is -0.239. The van der Waals surface area contributed by atoms with Crippen LogP contribution in [0.15, 0.2) is 54.6 Å². The Morgan fingerprint density at radius 3 is 2.12 bits per heavy atom. The molecule has 2 aromatic rings. The van der Waals surface area contributed by atoms with Gasteiger partial charge in [0.1, 0.15) is 6.04 Å². The lowest BCUT2D eigenvalue weighted by molar-refractivity contribution is -0.143. The number of carboxylic acid groups (broad SMARTS) is 1. The van der Waals surface area contributed by atoms with Gasteiger partial charge in [-0.05, 0) is 35.6 Å². The van der Waals surface area contributed by atoms with Crippen LogP contribution < -0.4 is 4.90 Å². The third-order valence-electron chi connectivity index (χ3n) is 5.24. The predicted octanol–water partition coefficient (Wildman–Crippen LogP) is 3.63. The first-order valence-electron chi connectivity index (χ1n) is 9.40. The van der Waals surface area contributed by atoms with Gasteiger partial charge in [0, 0.05) is 31.9 Å². The van der Waals surface area contributed by atoms with Gasteiger partial charge in [-0.15, -0.1) is 0 Å². The SMILES string of the molecule is CC(C)c1ccc(C[C@H](C(=O)O)N2CCN(c3ccccc3)CC2)cc1. The van der Waals surface area contributed by atoms with Crippen molar-refractivity contribution in [3.05, 3.63) is 65.7 Å². The number of para-hydroxylation sites is 1. The minimum Gasteiger partial charge on any atom is -0.480 e. The average molecular weight is 352 g/mol. The molecule has 0 amide bonds. The highest BCUT2D eigenvalue weighted by molar-refractivity contribution is 5.74. The van der Waals surface area contributed by atoms with Crippen LogP contribution in [-0.2, 0) is 11.2 Å². The van der Waals surface area contributed by atoms with Crippen molar-refractivity contribution in [2.45, 2.75) is 32.2 Å². The molecule has 1 heterocycles. The molecule has 1 atom stereocenters. The Balaban J connectivity index is 1.63. The zero-order valence-corrected chi connectivity index (χ0v) is 15.6. The van der Waals surface area contributed by atoms with Crippen molar-refractivity contribution in [2.75, 3.05) is 31.1 Å². The zero-order chi connectivity index (χ0) is 18.5. The van der Waals surface area contributed by atoms with Gasteiger partial charge in [-0.2, -0.15) is 0 Å². The Morgan fingerprint density at radius 2 is 1.58 bits per heavy atom. The van der Waals surface area contributed by atoms with E-state index < -0.39 is 12.0 Å². The molecule has 1 aliphatic heterocycles. The van der Waals surface area contributed by atoms with E-state index in [0.717, 1.165) is 31.7 Å². The van der Waals surface area contributed by atoms with Crippen LogP contribution in [0.5, 0.6) is 0 Å². The molecule has 4 heteroatoms. The van der Waals surface area contributed by atoms with Crippen LogP contribution >= 0.6 is 0 Å². The topological polar surface area (TPSA) is 43.8 Å². The first-order valence-corrected chi connectivity index (χ1v) is 9.40. The summed E-state index contributed by atoms with van der Waals surface area (Å²) in [6, 6.07) is 18.3. The molecule has 1 aliphatic rings. The largest absolute Gasteiger partial charge is 0.480 e. The van der Waals surface area contributed by atoms with Gasteiger partial charge in [0.05, 0.1) is 0 Å². The number of benzene rings is 2. The van der Waals surface area contributed by atoms with E-state index in [-0.39, 0.29) is 0 Å². The van der Waals surface area contributed by atoms with Crippen molar-refractivity contribution in [3.63, 3.8) is 0 Å². The number of hydrogen-bond acceptors (Lipinski definition) is 3. The van der Waals surface area contributed by atoms with E-state index in [1.54, 1.807) is 0 Å². The van der Waals surface area contributed by atoms with Crippen molar-refractivity contribution in [1.29, 1.82) is 0 Å². The van der Waals surface area contributed by atoms with Crippen molar-refractivity contribution in [3.8, 4) is 0 Å². The third kappa shape index (κ3) is 4.44. The Labute approximate surface area is 156 Å². The van der Waals surface area contributed by atoms with Gasteiger partial charge in [-0.25, -0.2) is 0 Å². The number of rotatable bonds is 6. The van der Waals surface area contributed by atoms with Crippen LogP contribution in [0.3, 0.4) is 0 Å². The van der Waals surface area contributed by atoms with E-state index >= 15 is 0 Å². The minimum atomic E-state index is -0.730. The fourth-order valence-corrected chi connectivity index (χ4v) is 3.57. The maximum absolute atomic E-state index is 11.9. The summed E-state index contributed by atoms with van der Waals surface area (Å²) in [7, 11) is 0. The fraction of sp³-hybridized carbons (Fsp3) is 0.409. The average Bonchev–Trinajstić information content (AvgIpc) is 2.67. The molecule has 0 aliphatic carbocycles. The second-order valence-electron chi connectivity index (χ2n) is 7.31. The standard InChI is InChI=1S/C22H28N2O2/c1-17(2)19-10-8-18(9-11-19)16-21(22(25)26)24-14-12-23(13-15-24)20-6-4-3-5-7-20/h3-11,17,21H,12-16H2,1-2H3,(H,25,26)/t21-/m1/s1. The van der Waals surface area contributed by atoms with Gasteiger partial charge in [0.15, 0.2) is 0 Å². The van der Waals surface area contributed by atoms with Gasteiger partial charge in [-0.3, -0.25) is 9.69 Å². The monoisotopic (exact) mass is 352 g/mol.